The summed E-state index contributed by atoms with van der Waals surface area (Å²) in [5.74, 6) is -0.478. The van der Waals surface area contributed by atoms with E-state index in [2.05, 4.69) is 10.4 Å². The maximum atomic E-state index is 14.1. The monoisotopic (exact) mass is 463 g/mol. The van der Waals surface area contributed by atoms with Crippen molar-refractivity contribution in [3.8, 4) is 5.69 Å². The Hall–Kier alpha value is -3.72. The van der Waals surface area contributed by atoms with Crippen molar-refractivity contribution >= 4 is 23.2 Å². The second kappa shape index (κ2) is 9.64. The van der Waals surface area contributed by atoms with Crippen LogP contribution >= 0.6 is 0 Å². The van der Waals surface area contributed by atoms with Gasteiger partial charge in [0.25, 0.3) is 5.91 Å². The molecule has 9 heteroatoms. The molecule has 2 aliphatic rings. The van der Waals surface area contributed by atoms with Gasteiger partial charge >= 0.3 is 0 Å². The zero-order valence-electron chi connectivity index (χ0n) is 18.7. The van der Waals surface area contributed by atoms with Gasteiger partial charge in [0.15, 0.2) is 0 Å². The van der Waals surface area contributed by atoms with Crippen molar-refractivity contribution in [3.63, 3.8) is 0 Å². The van der Waals surface area contributed by atoms with E-state index in [9.17, 15) is 14.0 Å². The molecule has 0 aliphatic carbocycles. The van der Waals surface area contributed by atoms with E-state index in [0.717, 1.165) is 12.1 Å². The number of amides is 2. The Kier molecular flexibility index (Phi) is 6.27. The quantitative estimate of drug-likeness (QED) is 0.630. The molecule has 8 nitrogen and oxygen atoms in total. The second-order valence-electron chi connectivity index (χ2n) is 8.50. The SMILES string of the molecule is O=C(Nc1cnn(-c2ccc(C(=O)N3CCN(c4ccccc4F)CC3)cc2)c1)[C@@H]1CCOC1. The van der Waals surface area contributed by atoms with Crippen molar-refractivity contribution in [1.29, 1.82) is 0 Å². The van der Waals surface area contributed by atoms with Gasteiger partial charge in [-0.2, -0.15) is 5.10 Å². The summed E-state index contributed by atoms with van der Waals surface area (Å²) in [5.41, 5.74) is 2.56. The molecule has 0 spiro atoms. The normalized spacial score (nSPS) is 18.2. The van der Waals surface area contributed by atoms with Crippen molar-refractivity contribution in [2.75, 3.05) is 49.6 Å². The molecule has 176 valence electrons. The molecule has 2 amide bonds. The molecule has 34 heavy (non-hydrogen) atoms. The number of anilines is 2. The molecule has 0 radical (unpaired) electrons. The number of para-hydroxylation sites is 1. The third kappa shape index (κ3) is 4.65. The molecule has 0 bridgehead atoms. The van der Waals surface area contributed by atoms with Gasteiger partial charge in [0, 0.05) is 38.3 Å². The Morgan fingerprint density at radius 2 is 1.79 bits per heavy atom. The van der Waals surface area contributed by atoms with Crippen LogP contribution in [0.15, 0.2) is 60.9 Å². The van der Waals surface area contributed by atoms with Gasteiger partial charge in [-0.3, -0.25) is 9.59 Å². The highest BCUT2D eigenvalue weighted by Crippen LogP contribution is 2.21. The summed E-state index contributed by atoms with van der Waals surface area (Å²) in [6.45, 7) is 3.29. The first-order valence-corrected chi connectivity index (χ1v) is 11.4. The number of piperazine rings is 1. The maximum Gasteiger partial charge on any atom is 0.253 e. The van der Waals surface area contributed by atoms with Gasteiger partial charge in [-0.25, -0.2) is 9.07 Å². The number of hydrogen-bond acceptors (Lipinski definition) is 5. The fourth-order valence-corrected chi connectivity index (χ4v) is 4.31. The van der Waals surface area contributed by atoms with E-state index >= 15 is 0 Å². The summed E-state index contributed by atoms with van der Waals surface area (Å²) < 4.78 is 21.0. The standard InChI is InChI=1S/C25H26FN5O3/c26-22-3-1-2-4-23(22)29-10-12-30(13-11-29)25(33)18-5-7-21(8-6-18)31-16-20(15-27-31)28-24(32)19-9-14-34-17-19/h1-8,15-16,19H,9-14,17H2,(H,28,32)/t19-/m1/s1. The van der Waals surface area contributed by atoms with Crippen molar-refractivity contribution in [1.82, 2.24) is 14.7 Å². The first kappa shape index (κ1) is 22.1. The molecule has 3 heterocycles. The molecule has 1 N–H and O–H groups in total. The van der Waals surface area contributed by atoms with Gasteiger partial charge in [-0.1, -0.05) is 12.1 Å². The van der Waals surface area contributed by atoms with Gasteiger partial charge in [-0.05, 0) is 42.8 Å². The Bertz CT molecular complexity index is 1170. The van der Waals surface area contributed by atoms with Crippen LogP contribution < -0.4 is 10.2 Å². The van der Waals surface area contributed by atoms with Gasteiger partial charge in [-0.15, -0.1) is 0 Å². The summed E-state index contributed by atoms with van der Waals surface area (Å²) in [6.07, 6.45) is 4.07. The number of aromatic nitrogens is 2. The van der Waals surface area contributed by atoms with Crippen LogP contribution in [0.25, 0.3) is 5.69 Å². The van der Waals surface area contributed by atoms with Gasteiger partial charge in [0.05, 0.1) is 42.0 Å². The van der Waals surface area contributed by atoms with Gasteiger partial charge < -0.3 is 19.9 Å². The first-order valence-electron chi connectivity index (χ1n) is 11.4. The lowest BCUT2D eigenvalue weighted by Gasteiger charge is -2.36. The molecular formula is C25H26FN5O3. The smallest absolute Gasteiger partial charge is 0.253 e. The fraction of sp³-hybridized carbons (Fsp3) is 0.320. The number of carbonyl (C=O) groups is 2. The third-order valence-corrected chi connectivity index (χ3v) is 6.29. The fourth-order valence-electron chi connectivity index (χ4n) is 4.31. The Morgan fingerprint density at radius 3 is 2.50 bits per heavy atom. The molecule has 0 saturated carbocycles. The van der Waals surface area contributed by atoms with E-state index in [1.54, 1.807) is 46.2 Å². The van der Waals surface area contributed by atoms with Gasteiger partial charge in [0.1, 0.15) is 5.82 Å². The summed E-state index contributed by atoms with van der Waals surface area (Å²) in [5, 5.41) is 7.19. The van der Waals surface area contributed by atoms with Crippen molar-refractivity contribution in [2.24, 2.45) is 5.92 Å². The van der Waals surface area contributed by atoms with E-state index in [1.807, 2.05) is 23.1 Å². The number of benzene rings is 2. The maximum absolute atomic E-state index is 14.1. The zero-order chi connectivity index (χ0) is 23.5. The number of nitrogens with one attached hydrogen (secondary N) is 1. The van der Waals surface area contributed by atoms with Crippen LogP contribution in [0.3, 0.4) is 0 Å². The molecule has 1 atom stereocenters. The van der Waals surface area contributed by atoms with E-state index in [0.29, 0.717) is 56.3 Å². The van der Waals surface area contributed by atoms with E-state index < -0.39 is 0 Å². The average molecular weight is 464 g/mol. The van der Waals surface area contributed by atoms with E-state index in [4.69, 9.17) is 4.74 Å². The highest BCUT2D eigenvalue weighted by molar-refractivity contribution is 5.94. The third-order valence-electron chi connectivity index (χ3n) is 6.29. The van der Waals surface area contributed by atoms with Crippen LogP contribution in [0.1, 0.15) is 16.8 Å². The first-order chi connectivity index (χ1) is 16.6. The van der Waals surface area contributed by atoms with E-state index in [-0.39, 0.29) is 23.5 Å². The predicted molar refractivity (Wildman–Crippen MR) is 126 cm³/mol. The summed E-state index contributed by atoms with van der Waals surface area (Å²) in [4.78, 5) is 29.0. The topological polar surface area (TPSA) is 79.7 Å². The highest BCUT2D eigenvalue weighted by atomic mass is 19.1. The molecule has 0 unspecified atom stereocenters. The average Bonchev–Trinajstić information content (AvgIpc) is 3.57. The Balaban J connectivity index is 1.18. The molecule has 3 aromatic rings. The van der Waals surface area contributed by atoms with Crippen LogP contribution in [0.5, 0.6) is 0 Å². The highest BCUT2D eigenvalue weighted by Gasteiger charge is 2.25. The minimum atomic E-state index is -0.244. The summed E-state index contributed by atoms with van der Waals surface area (Å²) in [6, 6.07) is 13.9. The number of hydrogen-bond donors (Lipinski definition) is 1. The predicted octanol–water partition coefficient (Wildman–Crippen LogP) is 2.95. The number of ether oxygens (including phenoxy) is 1. The lowest BCUT2D eigenvalue weighted by molar-refractivity contribution is -0.119. The molecule has 2 aliphatic heterocycles. The number of carbonyl (C=O) groups excluding carboxylic acids is 2. The summed E-state index contributed by atoms with van der Waals surface area (Å²) in [7, 11) is 0. The van der Waals surface area contributed by atoms with Crippen LogP contribution in [0.2, 0.25) is 0 Å². The Morgan fingerprint density at radius 1 is 1.03 bits per heavy atom. The lowest BCUT2D eigenvalue weighted by Crippen LogP contribution is -2.49. The minimum absolute atomic E-state index is 0.0491. The van der Waals surface area contributed by atoms with Crippen molar-refractivity contribution in [2.45, 2.75) is 6.42 Å². The Labute approximate surface area is 196 Å². The molecule has 1 aromatic heterocycles. The van der Waals surface area contributed by atoms with Crippen molar-refractivity contribution < 1.29 is 18.7 Å². The summed E-state index contributed by atoms with van der Waals surface area (Å²) >= 11 is 0. The molecule has 2 fully saturated rings. The number of rotatable bonds is 5. The number of nitrogens with zero attached hydrogens (tertiary/aromatic N) is 4. The minimum Gasteiger partial charge on any atom is -0.381 e. The van der Waals surface area contributed by atoms with E-state index in [1.165, 1.54) is 6.07 Å². The van der Waals surface area contributed by atoms with Crippen LogP contribution in [-0.2, 0) is 9.53 Å². The van der Waals surface area contributed by atoms with Crippen LogP contribution in [0.4, 0.5) is 15.8 Å². The van der Waals surface area contributed by atoms with Crippen LogP contribution in [0, 0.1) is 11.7 Å². The molecule has 2 saturated heterocycles. The largest absolute Gasteiger partial charge is 0.381 e. The molecule has 5 rings (SSSR count). The molecule has 2 aromatic carbocycles. The lowest BCUT2D eigenvalue weighted by atomic mass is 10.1. The molecular weight excluding hydrogens is 437 g/mol. The van der Waals surface area contributed by atoms with Crippen molar-refractivity contribution in [3.05, 3.63) is 72.3 Å². The number of halogens is 1. The van der Waals surface area contributed by atoms with Gasteiger partial charge in [0.2, 0.25) is 5.91 Å². The van der Waals surface area contributed by atoms with Crippen LogP contribution in [-0.4, -0.2) is 65.9 Å². The second-order valence-corrected chi connectivity index (χ2v) is 8.50. The zero-order valence-corrected chi connectivity index (χ0v) is 18.7.